The molecule has 0 amide bonds. The SMILES string of the molecule is C[C@H](c1ccccc1[C@@H](OC(=O)[C@@H]1C[C@@H]2CC[C@H]1C2)c1cccc2ccccc12)N(C)C. The van der Waals surface area contributed by atoms with E-state index in [0.29, 0.717) is 5.92 Å². The number of carbonyl (C=O) groups is 1. The molecule has 166 valence electrons. The van der Waals surface area contributed by atoms with E-state index in [2.05, 4.69) is 92.6 Å². The number of carbonyl (C=O) groups excluding carboxylic acids is 1. The first-order valence-electron chi connectivity index (χ1n) is 12.0. The van der Waals surface area contributed by atoms with E-state index < -0.39 is 6.10 Å². The highest BCUT2D eigenvalue weighted by Crippen LogP contribution is 2.49. The molecule has 0 aromatic heterocycles. The number of esters is 1. The summed E-state index contributed by atoms with van der Waals surface area (Å²) < 4.78 is 6.48. The predicted molar refractivity (Wildman–Crippen MR) is 129 cm³/mol. The summed E-state index contributed by atoms with van der Waals surface area (Å²) >= 11 is 0. The van der Waals surface area contributed by atoms with Gasteiger partial charge in [-0.3, -0.25) is 4.79 Å². The average molecular weight is 428 g/mol. The van der Waals surface area contributed by atoms with Crippen molar-refractivity contribution >= 4 is 16.7 Å². The molecule has 3 heteroatoms. The van der Waals surface area contributed by atoms with Gasteiger partial charge in [-0.25, -0.2) is 0 Å². The summed E-state index contributed by atoms with van der Waals surface area (Å²) in [5.41, 5.74) is 3.36. The van der Waals surface area contributed by atoms with Crippen molar-refractivity contribution in [3.63, 3.8) is 0 Å². The second kappa shape index (κ2) is 8.71. The largest absolute Gasteiger partial charge is 0.452 e. The maximum atomic E-state index is 13.5. The number of hydrogen-bond donors (Lipinski definition) is 0. The molecule has 3 nitrogen and oxygen atoms in total. The van der Waals surface area contributed by atoms with Gasteiger partial charge in [0.05, 0.1) is 5.92 Å². The molecule has 2 fully saturated rings. The zero-order chi connectivity index (χ0) is 22.2. The molecule has 5 rings (SSSR count). The molecule has 5 atom stereocenters. The Morgan fingerprint density at radius 1 is 0.875 bits per heavy atom. The number of rotatable bonds is 6. The third-order valence-electron chi connectivity index (χ3n) is 7.88. The van der Waals surface area contributed by atoms with Crippen molar-refractivity contribution in [2.45, 2.75) is 44.8 Å². The highest BCUT2D eigenvalue weighted by molar-refractivity contribution is 5.87. The molecular formula is C29H33NO2. The van der Waals surface area contributed by atoms with Crippen LogP contribution in [0.15, 0.2) is 66.7 Å². The van der Waals surface area contributed by atoms with Crippen LogP contribution in [0.1, 0.15) is 61.4 Å². The molecule has 0 saturated heterocycles. The molecule has 2 saturated carbocycles. The van der Waals surface area contributed by atoms with Crippen molar-refractivity contribution < 1.29 is 9.53 Å². The van der Waals surface area contributed by atoms with Gasteiger partial charge in [0.15, 0.2) is 6.10 Å². The van der Waals surface area contributed by atoms with Crippen LogP contribution in [-0.2, 0) is 9.53 Å². The smallest absolute Gasteiger partial charge is 0.310 e. The lowest BCUT2D eigenvalue weighted by molar-refractivity contribution is -0.154. The fraction of sp³-hybridized carbons (Fsp3) is 0.414. The Morgan fingerprint density at radius 3 is 2.28 bits per heavy atom. The van der Waals surface area contributed by atoms with Crippen molar-refractivity contribution in [3.8, 4) is 0 Å². The van der Waals surface area contributed by atoms with Crippen LogP contribution in [0.4, 0.5) is 0 Å². The van der Waals surface area contributed by atoms with Crippen molar-refractivity contribution in [2.24, 2.45) is 17.8 Å². The lowest BCUT2D eigenvalue weighted by Gasteiger charge is -2.29. The molecule has 2 aliphatic rings. The van der Waals surface area contributed by atoms with E-state index in [4.69, 9.17) is 4.74 Å². The van der Waals surface area contributed by atoms with Gasteiger partial charge in [0.25, 0.3) is 0 Å². The molecule has 0 aliphatic heterocycles. The van der Waals surface area contributed by atoms with Crippen LogP contribution in [0.3, 0.4) is 0 Å². The van der Waals surface area contributed by atoms with Crippen LogP contribution in [0.25, 0.3) is 10.8 Å². The minimum absolute atomic E-state index is 0.0116. The van der Waals surface area contributed by atoms with E-state index >= 15 is 0 Å². The van der Waals surface area contributed by atoms with E-state index in [9.17, 15) is 4.79 Å². The maximum absolute atomic E-state index is 13.5. The van der Waals surface area contributed by atoms with Gasteiger partial charge in [0.1, 0.15) is 0 Å². The summed E-state index contributed by atoms with van der Waals surface area (Å²) in [6.07, 6.45) is 4.25. The number of benzene rings is 3. The lowest BCUT2D eigenvalue weighted by Crippen LogP contribution is -2.26. The number of nitrogens with zero attached hydrogens (tertiary/aromatic N) is 1. The van der Waals surface area contributed by atoms with E-state index in [1.54, 1.807) is 0 Å². The zero-order valence-corrected chi connectivity index (χ0v) is 19.3. The Bertz CT molecular complexity index is 1120. The summed E-state index contributed by atoms with van der Waals surface area (Å²) in [5, 5.41) is 2.32. The van der Waals surface area contributed by atoms with Gasteiger partial charge >= 0.3 is 5.97 Å². The molecule has 32 heavy (non-hydrogen) atoms. The minimum Gasteiger partial charge on any atom is -0.452 e. The molecule has 3 aromatic carbocycles. The van der Waals surface area contributed by atoms with Gasteiger partial charge in [-0.05, 0) is 68.5 Å². The summed E-state index contributed by atoms with van der Waals surface area (Å²) in [7, 11) is 4.19. The van der Waals surface area contributed by atoms with Gasteiger partial charge in [0, 0.05) is 17.2 Å². The van der Waals surface area contributed by atoms with Crippen molar-refractivity contribution in [3.05, 3.63) is 83.4 Å². The summed E-state index contributed by atoms with van der Waals surface area (Å²) in [4.78, 5) is 15.7. The first kappa shape index (κ1) is 21.2. The van der Waals surface area contributed by atoms with Crippen LogP contribution < -0.4 is 0 Å². The first-order valence-corrected chi connectivity index (χ1v) is 12.0. The highest BCUT2D eigenvalue weighted by Gasteiger charge is 2.44. The maximum Gasteiger partial charge on any atom is 0.310 e. The average Bonchev–Trinajstić information content (AvgIpc) is 3.46. The number of fused-ring (bicyclic) bond motifs is 3. The molecule has 0 spiro atoms. The fourth-order valence-corrected chi connectivity index (χ4v) is 5.92. The second-order valence-electron chi connectivity index (χ2n) is 9.94. The standard InChI is InChI=1S/C29H33NO2/c1-19(30(2)3)23-11-6-7-13-25(23)28(26-14-8-10-21-9-4-5-12-24(21)26)32-29(31)27-18-20-15-16-22(27)17-20/h4-14,19-20,22,27-28H,15-18H2,1-3H3/t19-,20-,22+,27-,28-/m1/s1. The van der Waals surface area contributed by atoms with Crippen LogP contribution in [0, 0.1) is 17.8 Å². The molecule has 0 radical (unpaired) electrons. The Balaban J connectivity index is 1.59. The van der Waals surface area contributed by atoms with Crippen molar-refractivity contribution in [2.75, 3.05) is 14.1 Å². The van der Waals surface area contributed by atoms with E-state index in [1.807, 2.05) is 0 Å². The Kier molecular flexibility index (Phi) is 5.77. The first-order chi connectivity index (χ1) is 15.5. The Hall–Kier alpha value is -2.65. The number of hydrogen-bond acceptors (Lipinski definition) is 3. The Morgan fingerprint density at radius 2 is 1.56 bits per heavy atom. The topological polar surface area (TPSA) is 29.5 Å². The molecule has 0 N–H and O–H groups in total. The van der Waals surface area contributed by atoms with E-state index in [-0.39, 0.29) is 17.9 Å². The van der Waals surface area contributed by atoms with E-state index in [1.165, 1.54) is 30.2 Å². The normalized spacial score (nSPS) is 24.1. The van der Waals surface area contributed by atoms with E-state index in [0.717, 1.165) is 28.9 Å². The van der Waals surface area contributed by atoms with Gasteiger partial charge in [-0.15, -0.1) is 0 Å². The summed E-state index contributed by atoms with van der Waals surface area (Å²) in [6.45, 7) is 2.21. The van der Waals surface area contributed by atoms with Gasteiger partial charge in [-0.2, -0.15) is 0 Å². The summed E-state index contributed by atoms with van der Waals surface area (Å²) in [6, 6.07) is 23.4. The number of ether oxygens (including phenoxy) is 1. The highest BCUT2D eigenvalue weighted by atomic mass is 16.5. The molecule has 2 bridgehead atoms. The van der Waals surface area contributed by atoms with Crippen LogP contribution in [-0.4, -0.2) is 25.0 Å². The van der Waals surface area contributed by atoms with Gasteiger partial charge < -0.3 is 9.64 Å². The van der Waals surface area contributed by atoms with Crippen molar-refractivity contribution in [1.82, 2.24) is 4.90 Å². The van der Waals surface area contributed by atoms with Crippen LogP contribution in [0.2, 0.25) is 0 Å². The molecular weight excluding hydrogens is 394 g/mol. The van der Waals surface area contributed by atoms with Crippen LogP contribution >= 0.6 is 0 Å². The third-order valence-corrected chi connectivity index (χ3v) is 7.88. The monoisotopic (exact) mass is 427 g/mol. The van der Waals surface area contributed by atoms with Crippen LogP contribution in [0.5, 0.6) is 0 Å². The second-order valence-corrected chi connectivity index (χ2v) is 9.94. The quantitative estimate of drug-likeness (QED) is 0.419. The molecule has 3 aromatic rings. The molecule has 2 aliphatic carbocycles. The molecule has 0 unspecified atom stereocenters. The van der Waals surface area contributed by atoms with Gasteiger partial charge in [-0.1, -0.05) is 73.2 Å². The third kappa shape index (κ3) is 3.84. The Labute approximate surface area is 191 Å². The lowest BCUT2D eigenvalue weighted by atomic mass is 9.88. The van der Waals surface area contributed by atoms with Gasteiger partial charge in [0.2, 0.25) is 0 Å². The minimum atomic E-state index is -0.411. The molecule has 0 heterocycles. The zero-order valence-electron chi connectivity index (χ0n) is 19.3. The van der Waals surface area contributed by atoms with Crippen molar-refractivity contribution in [1.29, 1.82) is 0 Å². The summed E-state index contributed by atoms with van der Waals surface area (Å²) in [5.74, 6) is 1.28. The fourth-order valence-electron chi connectivity index (χ4n) is 5.92. The predicted octanol–water partition coefficient (Wildman–Crippen LogP) is 6.53.